The van der Waals surface area contributed by atoms with Gasteiger partial charge in [0.05, 0.1) is 10.7 Å². The van der Waals surface area contributed by atoms with Crippen molar-refractivity contribution >= 4 is 46.3 Å². The van der Waals surface area contributed by atoms with Gasteiger partial charge in [0.25, 0.3) is 5.91 Å². The minimum Gasteiger partial charge on any atom is -0.353 e. The minimum atomic E-state index is 0.0343. The molecule has 0 atom stereocenters. The first-order chi connectivity index (χ1) is 13.5. The molecule has 1 fully saturated rings. The van der Waals surface area contributed by atoms with Gasteiger partial charge in [0.15, 0.2) is 0 Å². The maximum Gasteiger partial charge on any atom is 0.265 e. The van der Waals surface area contributed by atoms with Gasteiger partial charge in [0, 0.05) is 43.0 Å². The van der Waals surface area contributed by atoms with Crippen molar-refractivity contribution < 1.29 is 4.79 Å². The molecule has 1 aliphatic heterocycles. The molecule has 0 spiro atoms. The number of pyridine rings is 1. The van der Waals surface area contributed by atoms with E-state index < -0.39 is 0 Å². The van der Waals surface area contributed by atoms with Crippen molar-refractivity contribution in [3.05, 3.63) is 63.2 Å². The molecule has 1 aliphatic rings. The Kier molecular flexibility index (Phi) is 5.53. The number of thiazole rings is 1. The summed E-state index contributed by atoms with van der Waals surface area (Å²) in [5.41, 5.74) is 1.69. The van der Waals surface area contributed by atoms with Crippen LogP contribution in [-0.4, -0.2) is 47.0 Å². The van der Waals surface area contributed by atoms with Gasteiger partial charge in [-0.05, 0) is 31.2 Å². The van der Waals surface area contributed by atoms with Crippen molar-refractivity contribution in [2.75, 3.05) is 31.1 Å². The Morgan fingerprint density at radius 1 is 1.07 bits per heavy atom. The van der Waals surface area contributed by atoms with Crippen LogP contribution in [0.1, 0.15) is 15.4 Å². The number of rotatable bonds is 3. The second-order valence-corrected chi connectivity index (χ2v) is 8.43. The molecule has 1 aromatic carbocycles. The highest BCUT2D eigenvalue weighted by Gasteiger charge is 2.26. The summed E-state index contributed by atoms with van der Waals surface area (Å²) < 4.78 is 0. The molecule has 0 radical (unpaired) electrons. The standard InChI is InChI=1S/C20H18Cl2N4OS/c1-13-18(28-19(24-13)14-3-2-4-15(21)11-14)20(27)26-9-7-25(8-10-26)17-6-5-16(22)12-23-17/h2-6,11-12H,7-10H2,1H3. The van der Waals surface area contributed by atoms with Crippen LogP contribution in [-0.2, 0) is 0 Å². The van der Waals surface area contributed by atoms with Gasteiger partial charge in [-0.3, -0.25) is 4.79 Å². The highest BCUT2D eigenvalue weighted by atomic mass is 35.5. The summed E-state index contributed by atoms with van der Waals surface area (Å²) in [5.74, 6) is 0.917. The number of carbonyl (C=O) groups is 1. The summed E-state index contributed by atoms with van der Waals surface area (Å²) in [5, 5.41) is 2.09. The number of amides is 1. The number of anilines is 1. The molecule has 0 N–H and O–H groups in total. The average molecular weight is 433 g/mol. The topological polar surface area (TPSA) is 49.3 Å². The maximum absolute atomic E-state index is 13.0. The molecule has 0 unspecified atom stereocenters. The number of halogens is 2. The summed E-state index contributed by atoms with van der Waals surface area (Å²) >= 11 is 13.4. The van der Waals surface area contributed by atoms with E-state index in [0.29, 0.717) is 28.0 Å². The quantitative estimate of drug-likeness (QED) is 0.597. The number of aryl methyl sites for hydroxylation is 1. The van der Waals surface area contributed by atoms with Gasteiger partial charge in [0.2, 0.25) is 0 Å². The number of aromatic nitrogens is 2. The Bertz CT molecular complexity index is 998. The van der Waals surface area contributed by atoms with Crippen LogP contribution in [0.15, 0.2) is 42.6 Å². The van der Waals surface area contributed by atoms with Gasteiger partial charge < -0.3 is 9.80 Å². The summed E-state index contributed by atoms with van der Waals surface area (Å²) in [6.45, 7) is 4.64. The van der Waals surface area contributed by atoms with Crippen LogP contribution < -0.4 is 4.90 Å². The summed E-state index contributed by atoms with van der Waals surface area (Å²) in [7, 11) is 0. The van der Waals surface area contributed by atoms with Crippen LogP contribution in [0.4, 0.5) is 5.82 Å². The number of benzene rings is 1. The third kappa shape index (κ3) is 3.99. The highest BCUT2D eigenvalue weighted by Crippen LogP contribution is 2.30. The Morgan fingerprint density at radius 2 is 1.86 bits per heavy atom. The van der Waals surface area contributed by atoms with Crippen molar-refractivity contribution in [1.82, 2.24) is 14.9 Å². The van der Waals surface area contributed by atoms with E-state index in [0.717, 1.165) is 35.2 Å². The molecule has 3 heterocycles. The van der Waals surface area contributed by atoms with Crippen LogP contribution in [0.3, 0.4) is 0 Å². The lowest BCUT2D eigenvalue weighted by Crippen LogP contribution is -2.49. The average Bonchev–Trinajstić information content (AvgIpc) is 3.10. The summed E-state index contributed by atoms with van der Waals surface area (Å²) in [4.78, 5) is 26.7. The van der Waals surface area contributed by atoms with Crippen molar-refractivity contribution in [2.24, 2.45) is 0 Å². The number of carbonyl (C=O) groups excluding carboxylic acids is 1. The molecule has 3 aromatic rings. The second kappa shape index (κ2) is 8.07. The lowest BCUT2D eigenvalue weighted by molar-refractivity contribution is 0.0750. The van der Waals surface area contributed by atoms with E-state index in [1.807, 2.05) is 48.2 Å². The molecule has 0 aliphatic carbocycles. The molecule has 1 amide bonds. The lowest BCUT2D eigenvalue weighted by Gasteiger charge is -2.35. The monoisotopic (exact) mass is 432 g/mol. The highest BCUT2D eigenvalue weighted by molar-refractivity contribution is 7.17. The third-order valence-electron chi connectivity index (χ3n) is 4.67. The lowest BCUT2D eigenvalue weighted by atomic mass is 10.2. The molecule has 144 valence electrons. The molecular weight excluding hydrogens is 415 g/mol. The van der Waals surface area contributed by atoms with Gasteiger partial charge in [-0.15, -0.1) is 11.3 Å². The molecule has 4 rings (SSSR count). The second-order valence-electron chi connectivity index (χ2n) is 6.56. The van der Waals surface area contributed by atoms with E-state index in [2.05, 4.69) is 14.9 Å². The van der Waals surface area contributed by atoms with Gasteiger partial charge in [-0.1, -0.05) is 35.3 Å². The van der Waals surface area contributed by atoms with Gasteiger partial charge in [-0.2, -0.15) is 0 Å². The molecule has 28 heavy (non-hydrogen) atoms. The van der Waals surface area contributed by atoms with Crippen LogP contribution in [0, 0.1) is 6.92 Å². The van der Waals surface area contributed by atoms with Crippen molar-refractivity contribution in [3.63, 3.8) is 0 Å². The first-order valence-corrected chi connectivity index (χ1v) is 10.5. The molecule has 8 heteroatoms. The maximum atomic E-state index is 13.0. The molecule has 0 bridgehead atoms. The Balaban J connectivity index is 1.46. The van der Waals surface area contributed by atoms with Crippen molar-refractivity contribution in [2.45, 2.75) is 6.92 Å². The number of hydrogen-bond acceptors (Lipinski definition) is 5. The van der Waals surface area contributed by atoms with Gasteiger partial charge >= 0.3 is 0 Å². The number of hydrogen-bond donors (Lipinski definition) is 0. The molecule has 5 nitrogen and oxygen atoms in total. The fourth-order valence-electron chi connectivity index (χ4n) is 3.18. The van der Waals surface area contributed by atoms with E-state index >= 15 is 0 Å². The van der Waals surface area contributed by atoms with Gasteiger partial charge in [-0.25, -0.2) is 9.97 Å². The third-order valence-corrected chi connectivity index (χ3v) is 6.32. The van der Waals surface area contributed by atoms with E-state index in [4.69, 9.17) is 23.2 Å². The number of nitrogens with zero attached hydrogens (tertiary/aromatic N) is 4. The normalized spacial score (nSPS) is 14.4. The van der Waals surface area contributed by atoms with E-state index in [1.54, 1.807) is 6.20 Å². The van der Waals surface area contributed by atoms with E-state index in [9.17, 15) is 4.79 Å². The van der Waals surface area contributed by atoms with Gasteiger partial charge in [0.1, 0.15) is 15.7 Å². The Hall–Kier alpha value is -2.15. The van der Waals surface area contributed by atoms with Crippen molar-refractivity contribution in [3.8, 4) is 10.6 Å². The predicted molar refractivity (Wildman–Crippen MR) is 115 cm³/mol. The molecular formula is C20H18Cl2N4OS. The SMILES string of the molecule is Cc1nc(-c2cccc(Cl)c2)sc1C(=O)N1CCN(c2ccc(Cl)cn2)CC1. The summed E-state index contributed by atoms with van der Waals surface area (Å²) in [6.07, 6.45) is 1.65. The van der Waals surface area contributed by atoms with Crippen LogP contribution >= 0.6 is 34.5 Å². The smallest absolute Gasteiger partial charge is 0.265 e. The zero-order valence-corrected chi connectivity index (χ0v) is 17.6. The van der Waals surface area contributed by atoms with Crippen LogP contribution in [0.2, 0.25) is 10.0 Å². The van der Waals surface area contributed by atoms with Crippen LogP contribution in [0.5, 0.6) is 0 Å². The fourth-order valence-corrected chi connectivity index (χ4v) is 4.51. The Labute approximate surface area is 177 Å². The predicted octanol–water partition coefficient (Wildman–Crippen LogP) is 4.78. The zero-order valence-electron chi connectivity index (χ0n) is 15.2. The molecule has 1 saturated heterocycles. The Morgan fingerprint density at radius 3 is 2.54 bits per heavy atom. The fraction of sp³-hybridized carbons (Fsp3) is 0.250. The minimum absolute atomic E-state index is 0.0343. The van der Waals surface area contributed by atoms with Crippen LogP contribution in [0.25, 0.3) is 10.6 Å². The first kappa shape index (κ1) is 19.2. The van der Waals surface area contributed by atoms with E-state index in [1.165, 1.54) is 11.3 Å². The van der Waals surface area contributed by atoms with Crippen molar-refractivity contribution in [1.29, 1.82) is 0 Å². The zero-order chi connectivity index (χ0) is 19.7. The number of piperazine rings is 1. The molecule has 2 aromatic heterocycles. The van der Waals surface area contributed by atoms with E-state index in [-0.39, 0.29) is 5.91 Å². The first-order valence-electron chi connectivity index (χ1n) is 8.90. The summed E-state index contributed by atoms with van der Waals surface area (Å²) in [6, 6.07) is 11.3. The molecule has 0 saturated carbocycles. The largest absolute Gasteiger partial charge is 0.353 e.